The van der Waals surface area contributed by atoms with E-state index in [9.17, 15) is 0 Å². The molecule has 2 rings (SSSR count). The molecule has 88 valence electrons. The van der Waals surface area contributed by atoms with Crippen molar-refractivity contribution < 1.29 is 0 Å². The van der Waals surface area contributed by atoms with Crippen LogP contribution < -0.4 is 5.32 Å². The van der Waals surface area contributed by atoms with Crippen molar-refractivity contribution in [3.8, 4) is 0 Å². The van der Waals surface area contributed by atoms with Crippen molar-refractivity contribution in [2.45, 2.75) is 50.2 Å². The van der Waals surface area contributed by atoms with E-state index in [0.717, 1.165) is 18.1 Å². The standard InChI is InChI=1S/C12H24N2S/c1-14(2)12-5-3-4-10(8-12)13-11-6-7-15-9-11/h10-13H,3-9H2,1-2H3. The van der Waals surface area contributed by atoms with Gasteiger partial charge in [0, 0.05) is 23.9 Å². The summed E-state index contributed by atoms with van der Waals surface area (Å²) >= 11 is 2.10. The molecule has 1 aliphatic heterocycles. The van der Waals surface area contributed by atoms with Crippen LogP contribution in [0.5, 0.6) is 0 Å². The molecule has 15 heavy (non-hydrogen) atoms. The Kier molecular flexibility index (Phi) is 4.35. The summed E-state index contributed by atoms with van der Waals surface area (Å²) in [4.78, 5) is 2.40. The second-order valence-corrected chi connectivity index (χ2v) is 6.36. The van der Waals surface area contributed by atoms with Crippen molar-refractivity contribution in [2.24, 2.45) is 0 Å². The van der Waals surface area contributed by atoms with Gasteiger partial charge in [0.15, 0.2) is 0 Å². The van der Waals surface area contributed by atoms with Gasteiger partial charge in [-0.25, -0.2) is 0 Å². The summed E-state index contributed by atoms with van der Waals surface area (Å²) in [6.07, 6.45) is 6.93. The highest BCUT2D eigenvalue weighted by atomic mass is 32.2. The monoisotopic (exact) mass is 228 g/mol. The molecule has 1 N–H and O–H groups in total. The maximum Gasteiger partial charge on any atom is 0.0168 e. The van der Waals surface area contributed by atoms with E-state index in [1.165, 1.54) is 43.6 Å². The highest BCUT2D eigenvalue weighted by Gasteiger charge is 2.26. The number of thioether (sulfide) groups is 1. The van der Waals surface area contributed by atoms with Crippen molar-refractivity contribution in [1.29, 1.82) is 0 Å². The van der Waals surface area contributed by atoms with Crippen LogP contribution in [-0.4, -0.2) is 48.6 Å². The van der Waals surface area contributed by atoms with Crippen LogP contribution in [-0.2, 0) is 0 Å². The molecule has 0 aromatic rings. The van der Waals surface area contributed by atoms with E-state index >= 15 is 0 Å². The third kappa shape index (κ3) is 3.36. The summed E-state index contributed by atoms with van der Waals surface area (Å²) in [5.74, 6) is 2.70. The van der Waals surface area contributed by atoms with Gasteiger partial charge in [-0.1, -0.05) is 6.42 Å². The summed E-state index contributed by atoms with van der Waals surface area (Å²) in [5, 5.41) is 3.86. The lowest BCUT2D eigenvalue weighted by Crippen LogP contribution is -2.45. The van der Waals surface area contributed by atoms with Gasteiger partial charge in [0.25, 0.3) is 0 Å². The van der Waals surface area contributed by atoms with Crippen molar-refractivity contribution in [3.63, 3.8) is 0 Å². The Labute approximate surface area is 98.2 Å². The fourth-order valence-corrected chi connectivity index (χ4v) is 3.95. The molecule has 0 spiro atoms. The van der Waals surface area contributed by atoms with Crippen LogP contribution in [0.25, 0.3) is 0 Å². The molecule has 0 aromatic heterocycles. The van der Waals surface area contributed by atoms with Gasteiger partial charge in [-0.3, -0.25) is 0 Å². The van der Waals surface area contributed by atoms with Gasteiger partial charge in [0.2, 0.25) is 0 Å². The fraction of sp³-hybridized carbons (Fsp3) is 1.00. The maximum atomic E-state index is 3.86. The molecule has 0 radical (unpaired) electrons. The molecule has 0 bridgehead atoms. The van der Waals surface area contributed by atoms with Crippen LogP contribution in [0.2, 0.25) is 0 Å². The minimum absolute atomic E-state index is 0.787. The van der Waals surface area contributed by atoms with Crippen LogP contribution in [0.1, 0.15) is 32.1 Å². The molecule has 3 heteroatoms. The largest absolute Gasteiger partial charge is 0.310 e. The van der Waals surface area contributed by atoms with E-state index in [1.54, 1.807) is 0 Å². The molecule has 2 aliphatic rings. The zero-order chi connectivity index (χ0) is 10.7. The van der Waals surface area contributed by atoms with E-state index in [0.29, 0.717) is 0 Å². The minimum atomic E-state index is 0.787. The van der Waals surface area contributed by atoms with Gasteiger partial charge in [-0.15, -0.1) is 0 Å². The smallest absolute Gasteiger partial charge is 0.0168 e. The first kappa shape index (κ1) is 11.7. The molecular formula is C12H24N2S. The molecule has 0 aromatic carbocycles. The van der Waals surface area contributed by atoms with Gasteiger partial charge < -0.3 is 10.2 Å². The van der Waals surface area contributed by atoms with Crippen LogP contribution in [0, 0.1) is 0 Å². The van der Waals surface area contributed by atoms with E-state index < -0.39 is 0 Å². The van der Waals surface area contributed by atoms with E-state index in [2.05, 4.69) is 36.1 Å². The first-order valence-electron chi connectivity index (χ1n) is 6.26. The summed E-state index contributed by atoms with van der Waals surface area (Å²) in [5.41, 5.74) is 0. The summed E-state index contributed by atoms with van der Waals surface area (Å²) in [7, 11) is 4.44. The Hall–Kier alpha value is 0.270. The fourth-order valence-electron chi connectivity index (χ4n) is 2.78. The number of rotatable bonds is 3. The first-order valence-corrected chi connectivity index (χ1v) is 7.41. The normalized spacial score (nSPS) is 37.4. The lowest BCUT2D eigenvalue weighted by Gasteiger charge is -2.35. The molecule has 2 fully saturated rings. The Morgan fingerprint density at radius 1 is 1.13 bits per heavy atom. The molecule has 3 unspecified atom stereocenters. The third-order valence-electron chi connectivity index (χ3n) is 3.78. The Morgan fingerprint density at radius 3 is 2.67 bits per heavy atom. The average Bonchev–Trinajstić information content (AvgIpc) is 2.71. The SMILES string of the molecule is CN(C)C1CCCC(NC2CCSC2)C1. The summed E-state index contributed by atoms with van der Waals surface area (Å²) in [6, 6.07) is 2.40. The van der Waals surface area contributed by atoms with Gasteiger partial charge >= 0.3 is 0 Å². The number of hydrogen-bond donors (Lipinski definition) is 1. The molecule has 3 atom stereocenters. The zero-order valence-electron chi connectivity index (χ0n) is 10.0. The number of hydrogen-bond acceptors (Lipinski definition) is 3. The van der Waals surface area contributed by atoms with Crippen molar-refractivity contribution in [2.75, 3.05) is 25.6 Å². The molecule has 1 saturated carbocycles. The van der Waals surface area contributed by atoms with E-state index in [1.807, 2.05) is 0 Å². The second-order valence-electron chi connectivity index (χ2n) is 5.21. The van der Waals surface area contributed by atoms with Gasteiger partial charge in [-0.2, -0.15) is 11.8 Å². The van der Waals surface area contributed by atoms with Crippen LogP contribution in [0.4, 0.5) is 0 Å². The predicted octanol–water partition coefficient (Wildman–Crippen LogP) is 1.95. The van der Waals surface area contributed by atoms with Crippen molar-refractivity contribution in [1.82, 2.24) is 10.2 Å². The van der Waals surface area contributed by atoms with Crippen LogP contribution >= 0.6 is 11.8 Å². The predicted molar refractivity (Wildman–Crippen MR) is 68.6 cm³/mol. The summed E-state index contributed by atoms with van der Waals surface area (Å²) < 4.78 is 0. The highest BCUT2D eigenvalue weighted by molar-refractivity contribution is 7.99. The lowest BCUT2D eigenvalue weighted by atomic mass is 9.90. The quantitative estimate of drug-likeness (QED) is 0.795. The second kappa shape index (κ2) is 5.55. The van der Waals surface area contributed by atoms with Gasteiger partial charge in [0.05, 0.1) is 0 Å². The van der Waals surface area contributed by atoms with Crippen LogP contribution in [0.3, 0.4) is 0 Å². The van der Waals surface area contributed by atoms with Crippen LogP contribution in [0.15, 0.2) is 0 Å². The Bertz CT molecular complexity index is 188. The minimum Gasteiger partial charge on any atom is -0.310 e. The van der Waals surface area contributed by atoms with Gasteiger partial charge in [-0.05, 0) is 45.5 Å². The molecule has 1 heterocycles. The molecule has 0 amide bonds. The average molecular weight is 228 g/mol. The molecule has 2 nitrogen and oxygen atoms in total. The van der Waals surface area contributed by atoms with Gasteiger partial charge in [0.1, 0.15) is 0 Å². The Morgan fingerprint density at radius 2 is 2.00 bits per heavy atom. The third-order valence-corrected chi connectivity index (χ3v) is 4.94. The van der Waals surface area contributed by atoms with E-state index in [4.69, 9.17) is 0 Å². The topological polar surface area (TPSA) is 15.3 Å². The summed E-state index contributed by atoms with van der Waals surface area (Å²) in [6.45, 7) is 0. The Balaban J connectivity index is 1.76. The lowest BCUT2D eigenvalue weighted by molar-refractivity contribution is 0.193. The number of nitrogens with zero attached hydrogens (tertiary/aromatic N) is 1. The maximum absolute atomic E-state index is 3.86. The van der Waals surface area contributed by atoms with E-state index in [-0.39, 0.29) is 0 Å². The highest BCUT2D eigenvalue weighted by Crippen LogP contribution is 2.24. The number of nitrogens with one attached hydrogen (secondary N) is 1. The molecule has 1 saturated heterocycles. The molecular weight excluding hydrogens is 204 g/mol. The van der Waals surface area contributed by atoms with Crippen molar-refractivity contribution in [3.05, 3.63) is 0 Å². The van der Waals surface area contributed by atoms with Crippen molar-refractivity contribution >= 4 is 11.8 Å². The first-order chi connectivity index (χ1) is 7.25. The zero-order valence-corrected chi connectivity index (χ0v) is 10.9. The molecule has 1 aliphatic carbocycles.